The van der Waals surface area contributed by atoms with Gasteiger partial charge in [0.1, 0.15) is 0 Å². The molecule has 1 aliphatic rings. The molecule has 1 aliphatic heterocycles. The molecule has 5 rings (SSSR count). The maximum atomic E-state index is 13.6. The average molecular weight is 510 g/mol. The number of fused-ring (bicyclic) bond motifs is 1. The Kier molecular flexibility index (Phi) is 6.68. The van der Waals surface area contributed by atoms with Crippen LogP contribution in [-0.4, -0.2) is 53.0 Å². The van der Waals surface area contributed by atoms with Crippen LogP contribution in [0.1, 0.15) is 30.1 Å². The summed E-state index contributed by atoms with van der Waals surface area (Å²) in [6.45, 7) is 4.03. The van der Waals surface area contributed by atoms with E-state index >= 15 is 0 Å². The third-order valence-corrected chi connectivity index (χ3v) is 9.17. The number of sulfonamides is 1. The normalized spacial score (nSPS) is 17.0. The van der Waals surface area contributed by atoms with E-state index in [9.17, 15) is 13.2 Å². The minimum atomic E-state index is -3.58. The Labute approximate surface area is 208 Å². The molecular weight excluding hydrogens is 482 g/mol. The molecule has 1 amide bonds. The van der Waals surface area contributed by atoms with Gasteiger partial charge in [-0.05, 0) is 61.2 Å². The highest BCUT2D eigenvalue weighted by molar-refractivity contribution is 7.89. The van der Waals surface area contributed by atoms with Crippen molar-refractivity contribution in [2.45, 2.75) is 31.2 Å². The van der Waals surface area contributed by atoms with Crippen LogP contribution in [0.2, 0.25) is 0 Å². The first-order chi connectivity index (χ1) is 16.9. The topological polar surface area (TPSA) is 88.4 Å². The Morgan fingerprint density at radius 1 is 1.14 bits per heavy atom. The number of piperidine rings is 1. The van der Waals surface area contributed by atoms with Gasteiger partial charge in [-0.25, -0.2) is 13.4 Å². The minimum absolute atomic E-state index is 0.214. The number of nitrogens with zero attached hydrogens (tertiary/aromatic N) is 5. The predicted molar refractivity (Wildman–Crippen MR) is 137 cm³/mol. The van der Waals surface area contributed by atoms with Crippen LogP contribution >= 0.6 is 11.3 Å². The third-order valence-electron chi connectivity index (χ3n) is 6.23. The van der Waals surface area contributed by atoms with E-state index in [0.717, 1.165) is 23.1 Å². The van der Waals surface area contributed by atoms with Crippen LogP contribution < -0.4 is 4.90 Å². The maximum Gasteiger partial charge on any atom is 0.260 e. The molecule has 3 heterocycles. The van der Waals surface area contributed by atoms with Gasteiger partial charge in [-0.1, -0.05) is 30.4 Å². The van der Waals surface area contributed by atoms with Crippen LogP contribution in [0.15, 0.2) is 71.9 Å². The first kappa shape index (κ1) is 23.7. The number of benzene rings is 2. The highest BCUT2D eigenvalue weighted by Crippen LogP contribution is 2.30. The van der Waals surface area contributed by atoms with Gasteiger partial charge in [-0.15, -0.1) is 0 Å². The zero-order valence-corrected chi connectivity index (χ0v) is 21.1. The molecule has 1 atom stereocenters. The van der Waals surface area contributed by atoms with Gasteiger partial charge in [0.25, 0.3) is 5.91 Å². The van der Waals surface area contributed by atoms with E-state index in [1.54, 1.807) is 32.2 Å². The second-order valence-electron chi connectivity index (χ2n) is 8.82. The standard InChI is InChI=1S/C25H27N5O3S2/c1-19-6-4-15-29(18-19)35(32,33)21-11-9-20(10-12-21)24(31)30(17-16-28-14-5-13-26-28)25-27-22-7-2-3-8-23(22)34-25/h2-3,5,7-14,19H,4,6,15-18H2,1H3. The lowest BCUT2D eigenvalue weighted by Gasteiger charge is -2.30. The zero-order valence-electron chi connectivity index (χ0n) is 19.4. The van der Waals surface area contributed by atoms with Gasteiger partial charge in [0, 0.05) is 37.6 Å². The van der Waals surface area contributed by atoms with E-state index < -0.39 is 10.0 Å². The number of aromatic nitrogens is 3. The van der Waals surface area contributed by atoms with Crippen molar-refractivity contribution >= 4 is 42.6 Å². The van der Waals surface area contributed by atoms with Crippen molar-refractivity contribution in [2.24, 2.45) is 5.92 Å². The molecule has 0 N–H and O–H groups in total. The number of para-hydroxylation sites is 1. The predicted octanol–water partition coefficient (Wildman–Crippen LogP) is 4.26. The van der Waals surface area contributed by atoms with Gasteiger partial charge in [0.2, 0.25) is 10.0 Å². The van der Waals surface area contributed by atoms with Crippen LogP contribution in [-0.2, 0) is 16.6 Å². The summed E-state index contributed by atoms with van der Waals surface area (Å²) in [4.78, 5) is 20.1. The van der Waals surface area contributed by atoms with Crippen molar-refractivity contribution in [2.75, 3.05) is 24.5 Å². The monoisotopic (exact) mass is 509 g/mol. The molecule has 1 saturated heterocycles. The first-order valence-corrected chi connectivity index (χ1v) is 13.9. The Balaban J connectivity index is 1.41. The summed E-state index contributed by atoms with van der Waals surface area (Å²) in [6.07, 6.45) is 5.46. The fourth-order valence-electron chi connectivity index (χ4n) is 4.33. The smallest absolute Gasteiger partial charge is 0.260 e. The van der Waals surface area contributed by atoms with Gasteiger partial charge < -0.3 is 0 Å². The van der Waals surface area contributed by atoms with E-state index in [-0.39, 0.29) is 10.8 Å². The number of anilines is 1. The SMILES string of the molecule is CC1CCCN(S(=O)(=O)c2ccc(C(=O)N(CCn3cccn3)c3nc4ccccc4s3)cc2)C1. The Morgan fingerprint density at radius 2 is 1.94 bits per heavy atom. The summed E-state index contributed by atoms with van der Waals surface area (Å²) >= 11 is 1.45. The number of hydrogen-bond acceptors (Lipinski definition) is 6. The zero-order chi connectivity index (χ0) is 24.4. The van der Waals surface area contributed by atoms with Crippen molar-refractivity contribution in [3.05, 3.63) is 72.6 Å². The summed E-state index contributed by atoms with van der Waals surface area (Å²) in [6, 6.07) is 15.9. The molecule has 0 saturated carbocycles. The Bertz CT molecular complexity index is 1380. The lowest BCUT2D eigenvalue weighted by Crippen LogP contribution is -2.39. The molecular formula is C25H27N5O3S2. The van der Waals surface area contributed by atoms with Crippen molar-refractivity contribution in [1.82, 2.24) is 19.1 Å². The molecule has 0 radical (unpaired) electrons. The number of carbonyl (C=O) groups is 1. The second-order valence-corrected chi connectivity index (χ2v) is 11.8. The summed E-state index contributed by atoms with van der Waals surface area (Å²) in [7, 11) is -3.58. The van der Waals surface area contributed by atoms with Crippen LogP contribution in [0.25, 0.3) is 10.2 Å². The highest BCUT2D eigenvalue weighted by atomic mass is 32.2. The molecule has 10 heteroatoms. The van der Waals surface area contributed by atoms with Gasteiger partial charge in [-0.2, -0.15) is 9.40 Å². The number of rotatable bonds is 7. The molecule has 0 aliphatic carbocycles. The van der Waals surface area contributed by atoms with Crippen LogP contribution in [0, 0.1) is 5.92 Å². The molecule has 2 aromatic carbocycles. The summed E-state index contributed by atoms with van der Waals surface area (Å²) in [5.74, 6) is 0.114. The van der Waals surface area contributed by atoms with Crippen LogP contribution in [0.3, 0.4) is 0 Å². The largest absolute Gasteiger partial charge is 0.282 e. The van der Waals surface area contributed by atoms with E-state index in [1.807, 2.05) is 36.5 Å². The Morgan fingerprint density at radius 3 is 2.66 bits per heavy atom. The van der Waals surface area contributed by atoms with Crippen molar-refractivity contribution in [3.8, 4) is 0 Å². The second kappa shape index (κ2) is 9.88. The summed E-state index contributed by atoms with van der Waals surface area (Å²) in [5, 5.41) is 4.83. The van der Waals surface area contributed by atoms with E-state index in [1.165, 1.54) is 23.5 Å². The van der Waals surface area contributed by atoms with Crippen LogP contribution in [0.5, 0.6) is 0 Å². The number of carbonyl (C=O) groups excluding carboxylic acids is 1. The number of thiazole rings is 1. The van der Waals surface area contributed by atoms with Gasteiger partial charge in [0.05, 0.1) is 21.7 Å². The highest BCUT2D eigenvalue weighted by Gasteiger charge is 2.29. The maximum absolute atomic E-state index is 13.6. The minimum Gasteiger partial charge on any atom is -0.282 e. The van der Waals surface area contributed by atoms with Crippen molar-refractivity contribution < 1.29 is 13.2 Å². The molecule has 0 spiro atoms. The summed E-state index contributed by atoms with van der Waals surface area (Å²) < 4.78 is 30.5. The molecule has 2 aromatic heterocycles. The van der Waals surface area contributed by atoms with Crippen molar-refractivity contribution in [3.63, 3.8) is 0 Å². The first-order valence-electron chi connectivity index (χ1n) is 11.7. The fourth-order valence-corrected chi connectivity index (χ4v) is 6.92. The number of amides is 1. The lowest BCUT2D eigenvalue weighted by atomic mass is 10.0. The average Bonchev–Trinajstić information content (AvgIpc) is 3.54. The van der Waals surface area contributed by atoms with Gasteiger partial charge in [-0.3, -0.25) is 14.4 Å². The van der Waals surface area contributed by atoms with Gasteiger partial charge in [0.15, 0.2) is 5.13 Å². The van der Waals surface area contributed by atoms with Gasteiger partial charge >= 0.3 is 0 Å². The molecule has 8 nitrogen and oxygen atoms in total. The molecule has 35 heavy (non-hydrogen) atoms. The Hall–Kier alpha value is -3.08. The molecule has 4 aromatic rings. The summed E-state index contributed by atoms with van der Waals surface area (Å²) in [5.41, 5.74) is 1.25. The van der Waals surface area contributed by atoms with Crippen molar-refractivity contribution in [1.29, 1.82) is 0 Å². The lowest BCUT2D eigenvalue weighted by molar-refractivity contribution is 0.0985. The quantitative estimate of drug-likeness (QED) is 0.371. The fraction of sp³-hybridized carbons (Fsp3) is 0.320. The van der Waals surface area contributed by atoms with E-state index in [4.69, 9.17) is 0 Å². The molecule has 182 valence electrons. The van der Waals surface area contributed by atoms with Crippen LogP contribution in [0.4, 0.5) is 5.13 Å². The third kappa shape index (κ3) is 5.00. The van der Waals surface area contributed by atoms with E-state index in [2.05, 4.69) is 17.0 Å². The molecule has 1 fully saturated rings. The number of hydrogen-bond donors (Lipinski definition) is 0. The van der Waals surface area contributed by atoms with E-state index in [0.29, 0.717) is 42.8 Å². The molecule has 1 unspecified atom stereocenters. The molecule has 0 bridgehead atoms.